The second-order valence-corrected chi connectivity index (χ2v) is 4.62. The van der Waals surface area contributed by atoms with Crippen molar-refractivity contribution in [2.75, 3.05) is 6.61 Å². The fraction of sp³-hybridized carbons (Fsp3) is 0.625. The van der Waals surface area contributed by atoms with Gasteiger partial charge in [0.25, 0.3) is 0 Å². The van der Waals surface area contributed by atoms with Crippen LogP contribution in [0.1, 0.15) is 57.8 Å². The molecule has 0 spiro atoms. The number of hydrogen-bond acceptors (Lipinski definition) is 3. The first-order valence-electron chi connectivity index (χ1n) is 7.15. The normalized spacial score (nSPS) is 9.89. The number of carbonyl (C=O) groups is 2. The van der Waals surface area contributed by atoms with E-state index in [2.05, 4.69) is 13.2 Å². The molecule has 0 atom stereocenters. The van der Waals surface area contributed by atoms with Crippen molar-refractivity contribution in [1.29, 1.82) is 0 Å². The molecule has 0 amide bonds. The summed E-state index contributed by atoms with van der Waals surface area (Å²) in [6, 6.07) is 0. The molecule has 0 aliphatic heterocycles. The van der Waals surface area contributed by atoms with Gasteiger partial charge >= 0.3 is 5.97 Å². The molecule has 0 saturated carbocycles. The first-order chi connectivity index (χ1) is 9.20. The minimum absolute atomic E-state index is 0.147. The molecule has 0 rings (SSSR count). The Hall–Kier alpha value is -1.38. The monoisotopic (exact) mass is 266 g/mol. The lowest BCUT2D eigenvalue weighted by Gasteiger charge is -2.03. The topological polar surface area (TPSA) is 43.4 Å². The van der Waals surface area contributed by atoms with Crippen LogP contribution in [0.4, 0.5) is 0 Å². The Morgan fingerprint density at radius 3 is 1.84 bits per heavy atom. The SMILES string of the molecule is C=CC(=O)CCCCCCCCCCOC(=O)C=C. The predicted molar refractivity (Wildman–Crippen MR) is 77.9 cm³/mol. The molecule has 108 valence electrons. The van der Waals surface area contributed by atoms with Crippen LogP contribution in [0.2, 0.25) is 0 Å². The van der Waals surface area contributed by atoms with Crippen molar-refractivity contribution in [3.05, 3.63) is 25.3 Å². The largest absolute Gasteiger partial charge is 0.463 e. The molecule has 0 radical (unpaired) electrons. The molecule has 0 heterocycles. The number of carbonyl (C=O) groups excluding carboxylic acids is 2. The number of ketones is 1. The number of unbranched alkanes of at least 4 members (excludes halogenated alkanes) is 7. The van der Waals surface area contributed by atoms with E-state index in [1.54, 1.807) is 0 Å². The Bertz CT molecular complexity index is 254. The molecular formula is C16H26O3. The molecule has 0 N–H and O–H groups in total. The van der Waals surface area contributed by atoms with Crippen molar-refractivity contribution in [2.45, 2.75) is 57.8 Å². The fourth-order valence-electron chi connectivity index (χ4n) is 1.80. The molecular weight excluding hydrogens is 240 g/mol. The van der Waals surface area contributed by atoms with Crippen molar-refractivity contribution < 1.29 is 14.3 Å². The van der Waals surface area contributed by atoms with Crippen LogP contribution in [-0.2, 0) is 14.3 Å². The van der Waals surface area contributed by atoms with Gasteiger partial charge < -0.3 is 4.74 Å². The lowest BCUT2D eigenvalue weighted by molar-refractivity contribution is -0.137. The van der Waals surface area contributed by atoms with Crippen LogP contribution in [0.25, 0.3) is 0 Å². The number of esters is 1. The zero-order chi connectivity index (χ0) is 14.3. The molecule has 19 heavy (non-hydrogen) atoms. The summed E-state index contributed by atoms with van der Waals surface area (Å²) in [7, 11) is 0. The Balaban J connectivity index is 3.10. The van der Waals surface area contributed by atoms with E-state index >= 15 is 0 Å². The van der Waals surface area contributed by atoms with E-state index in [1.807, 2.05) is 0 Å². The third-order valence-corrected chi connectivity index (χ3v) is 2.96. The van der Waals surface area contributed by atoms with E-state index < -0.39 is 0 Å². The van der Waals surface area contributed by atoms with Gasteiger partial charge in [-0.05, 0) is 18.9 Å². The lowest BCUT2D eigenvalue weighted by Crippen LogP contribution is -2.01. The zero-order valence-corrected chi connectivity index (χ0v) is 11.9. The standard InChI is InChI=1S/C16H26O3/c1-3-15(17)13-11-9-7-5-6-8-10-12-14-19-16(18)4-2/h3-4H,1-2,5-14H2. The summed E-state index contributed by atoms with van der Waals surface area (Å²) in [5.74, 6) is -0.192. The van der Waals surface area contributed by atoms with Gasteiger partial charge in [0, 0.05) is 12.5 Å². The van der Waals surface area contributed by atoms with Crippen molar-refractivity contribution in [2.24, 2.45) is 0 Å². The first-order valence-corrected chi connectivity index (χ1v) is 7.15. The van der Waals surface area contributed by atoms with Gasteiger partial charge in [0.1, 0.15) is 0 Å². The average molecular weight is 266 g/mol. The molecule has 0 aromatic carbocycles. The summed E-state index contributed by atoms with van der Waals surface area (Å²) in [6.45, 7) is 7.29. The van der Waals surface area contributed by atoms with E-state index in [0.29, 0.717) is 13.0 Å². The smallest absolute Gasteiger partial charge is 0.330 e. The summed E-state index contributed by atoms with van der Waals surface area (Å²) in [4.78, 5) is 21.7. The third-order valence-electron chi connectivity index (χ3n) is 2.96. The van der Waals surface area contributed by atoms with Crippen LogP contribution in [-0.4, -0.2) is 18.4 Å². The molecule has 0 saturated heterocycles. The van der Waals surface area contributed by atoms with E-state index in [1.165, 1.54) is 37.8 Å². The molecule has 0 aliphatic carbocycles. The maximum Gasteiger partial charge on any atom is 0.330 e. The maximum atomic E-state index is 11.0. The highest BCUT2D eigenvalue weighted by atomic mass is 16.5. The summed E-state index contributed by atoms with van der Waals surface area (Å²) < 4.78 is 4.89. The Morgan fingerprint density at radius 2 is 1.32 bits per heavy atom. The zero-order valence-electron chi connectivity index (χ0n) is 11.9. The molecule has 0 bridgehead atoms. The van der Waals surface area contributed by atoms with E-state index in [4.69, 9.17) is 4.74 Å². The van der Waals surface area contributed by atoms with Gasteiger partial charge in [0.15, 0.2) is 5.78 Å². The number of ether oxygens (including phenoxy) is 1. The van der Waals surface area contributed by atoms with E-state index in [9.17, 15) is 9.59 Å². The molecule has 0 aromatic rings. The molecule has 0 fully saturated rings. The summed E-state index contributed by atoms with van der Waals surface area (Å²) in [5.41, 5.74) is 0. The molecule has 3 heteroatoms. The fourth-order valence-corrected chi connectivity index (χ4v) is 1.80. The van der Waals surface area contributed by atoms with Crippen molar-refractivity contribution in [3.8, 4) is 0 Å². The van der Waals surface area contributed by atoms with Crippen molar-refractivity contribution in [3.63, 3.8) is 0 Å². The summed E-state index contributed by atoms with van der Waals surface area (Å²) in [6.07, 6.45) is 12.1. The van der Waals surface area contributed by atoms with Gasteiger partial charge in [-0.2, -0.15) is 0 Å². The summed E-state index contributed by atoms with van der Waals surface area (Å²) >= 11 is 0. The predicted octanol–water partition coefficient (Wildman–Crippen LogP) is 3.98. The number of allylic oxidation sites excluding steroid dienone is 1. The van der Waals surface area contributed by atoms with E-state index in [-0.39, 0.29) is 11.8 Å². The molecule has 0 aromatic heterocycles. The van der Waals surface area contributed by atoms with E-state index in [0.717, 1.165) is 25.7 Å². The van der Waals surface area contributed by atoms with Gasteiger partial charge in [0.05, 0.1) is 6.61 Å². The highest BCUT2D eigenvalue weighted by Crippen LogP contribution is 2.10. The van der Waals surface area contributed by atoms with Crippen LogP contribution in [0.5, 0.6) is 0 Å². The van der Waals surface area contributed by atoms with Gasteiger partial charge in [-0.25, -0.2) is 4.79 Å². The van der Waals surface area contributed by atoms with Gasteiger partial charge in [-0.15, -0.1) is 0 Å². The Labute approximate surface area is 116 Å². The molecule has 0 aliphatic rings. The quantitative estimate of drug-likeness (QED) is 0.288. The Morgan fingerprint density at radius 1 is 0.789 bits per heavy atom. The van der Waals surface area contributed by atoms with Crippen LogP contribution in [0.15, 0.2) is 25.3 Å². The maximum absolute atomic E-state index is 11.0. The first kappa shape index (κ1) is 17.6. The van der Waals surface area contributed by atoms with Crippen LogP contribution < -0.4 is 0 Å². The molecule has 3 nitrogen and oxygen atoms in total. The lowest BCUT2D eigenvalue weighted by atomic mass is 10.1. The van der Waals surface area contributed by atoms with Crippen LogP contribution in [0, 0.1) is 0 Å². The number of rotatable bonds is 13. The molecule has 0 unspecified atom stereocenters. The summed E-state index contributed by atoms with van der Waals surface area (Å²) in [5, 5.41) is 0. The van der Waals surface area contributed by atoms with Gasteiger partial charge in [0.2, 0.25) is 0 Å². The van der Waals surface area contributed by atoms with Crippen LogP contribution in [0.3, 0.4) is 0 Å². The van der Waals surface area contributed by atoms with Crippen molar-refractivity contribution in [1.82, 2.24) is 0 Å². The third kappa shape index (κ3) is 12.9. The minimum atomic E-state index is -0.339. The number of hydrogen-bond donors (Lipinski definition) is 0. The van der Waals surface area contributed by atoms with Crippen LogP contribution >= 0.6 is 0 Å². The van der Waals surface area contributed by atoms with Gasteiger partial charge in [-0.1, -0.05) is 51.7 Å². The highest BCUT2D eigenvalue weighted by molar-refractivity contribution is 5.88. The minimum Gasteiger partial charge on any atom is -0.463 e. The second-order valence-electron chi connectivity index (χ2n) is 4.62. The average Bonchev–Trinajstić information content (AvgIpc) is 2.43. The Kier molecular flexibility index (Phi) is 12.1. The second kappa shape index (κ2) is 13.1. The van der Waals surface area contributed by atoms with Crippen molar-refractivity contribution >= 4 is 11.8 Å². The highest BCUT2D eigenvalue weighted by Gasteiger charge is 1.97. The van der Waals surface area contributed by atoms with Gasteiger partial charge in [-0.3, -0.25) is 4.79 Å².